The zero-order valence-electron chi connectivity index (χ0n) is 11.2. The molecule has 0 aliphatic rings. The van der Waals surface area contributed by atoms with Gasteiger partial charge in [-0.25, -0.2) is 4.98 Å². The molecule has 106 valence electrons. The molecule has 1 heterocycles. The van der Waals surface area contributed by atoms with Gasteiger partial charge in [-0.2, -0.15) is 0 Å². The van der Waals surface area contributed by atoms with E-state index in [9.17, 15) is 9.90 Å². The van der Waals surface area contributed by atoms with Gasteiger partial charge in [0, 0.05) is 11.8 Å². The van der Waals surface area contributed by atoms with E-state index in [0.717, 1.165) is 0 Å². The van der Waals surface area contributed by atoms with Crippen LogP contribution in [0, 0.1) is 11.8 Å². The first kappa shape index (κ1) is 14.6. The summed E-state index contributed by atoms with van der Waals surface area (Å²) in [5.41, 5.74) is 1.37. The van der Waals surface area contributed by atoms with E-state index in [1.165, 1.54) is 12.3 Å². The van der Waals surface area contributed by atoms with E-state index in [2.05, 4.69) is 22.1 Å². The molecule has 2 rings (SSSR count). The van der Waals surface area contributed by atoms with Crippen LogP contribution in [-0.2, 0) is 11.2 Å². The number of nitrogens with zero attached hydrogens (tertiary/aromatic N) is 1. The molecule has 0 saturated carbocycles. The lowest BCUT2D eigenvalue weighted by Gasteiger charge is -2.05. The van der Waals surface area contributed by atoms with Crippen molar-refractivity contribution in [2.45, 2.75) is 6.42 Å². The highest BCUT2D eigenvalue weighted by atomic mass is 16.3. The van der Waals surface area contributed by atoms with E-state index in [-0.39, 0.29) is 24.7 Å². The number of aliphatic hydroxyl groups is 1. The van der Waals surface area contributed by atoms with Gasteiger partial charge >= 0.3 is 0 Å². The normalized spacial score (nSPS) is 9.57. The number of nitrogens with one attached hydrogen (secondary N) is 1. The van der Waals surface area contributed by atoms with Gasteiger partial charge in [-0.15, -0.1) is 0 Å². The maximum Gasteiger partial charge on any atom is 0.229 e. The number of aliphatic hydroxyl groups excluding tert-OH is 1. The summed E-state index contributed by atoms with van der Waals surface area (Å²) >= 11 is 0. The van der Waals surface area contributed by atoms with Crippen molar-refractivity contribution in [3.63, 3.8) is 0 Å². The summed E-state index contributed by atoms with van der Waals surface area (Å²) in [6.45, 7) is -0.221. The van der Waals surface area contributed by atoms with Crippen molar-refractivity contribution in [3.8, 4) is 17.6 Å². The molecule has 0 saturated heterocycles. The standard InChI is InChI=1S/C16H14N2O3/c19-8-2-4-12-6-7-17-15(10-12)18-16(21)11-13-3-1-5-14(20)9-13/h1,3,5-7,9-10,19-20H,8,11H2,(H,17,18,21). The van der Waals surface area contributed by atoms with E-state index >= 15 is 0 Å². The number of aromatic nitrogens is 1. The van der Waals surface area contributed by atoms with Crippen molar-refractivity contribution in [3.05, 3.63) is 53.7 Å². The Bertz CT molecular complexity index is 702. The summed E-state index contributed by atoms with van der Waals surface area (Å²) in [5.74, 6) is 5.55. The van der Waals surface area contributed by atoms with E-state index < -0.39 is 0 Å². The molecule has 2 aromatic rings. The van der Waals surface area contributed by atoms with E-state index in [4.69, 9.17) is 5.11 Å². The van der Waals surface area contributed by atoms with Gasteiger partial charge in [0.1, 0.15) is 18.2 Å². The average Bonchev–Trinajstić information content (AvgIpc) is 2.45. The molecule has 1 amide bonds. The second kappa shape index (κ2) is 7.08. The SMILES string of the molecule is O=C(Cc1cccc(O)c1)Nc1cc(C#CCO)ccn1. The lowest BCUT2D eigenvalue weighted by atomic mass is 10.1. The zero-order valence-corrected chi connectivity index (χ0v) is 11.2. The van der Waals surface area contributed by atoms with Gasteiger partial charge in [0.15, 0.2) is 0 Å². The van der Waals surface area contributed by atoms with Gasteiger partial charge in [-0.3, -0.25) is 4.79 Å². The lowest BCUT2D eigenvalue weighted by Crippen LogP contribution is -2.15. The van der Waals surface area contributed by atoms with Crippen molar-refractivity contribution in [1.29, 1.82) is 0 Å². The number of pyridine rings is 1. The number of phenols is 1. The van der Waals surface area contributed by atoms with E-state index in [0.29, 0.717) is 16.9 Å². The molecule has 0 atom stereocenters. The Balaban J connectivity index is 2.02. The number of hydrogen-bond acceptors (Lipinski definition) is 4. The molecule has 0 radical (unpaired) electrons. The lowest BCUT2D eigenvalue weighted by molar-refractivity contribution is -0.115. The number of phenolic OH excluding ortho intramolecular Hbond substituents is 1. The van der Waals surface area contributed by atoms with Crippen LogP contribution in [0.2, 0.25) is 0 Å². The fourth-order valence-electron chi connectivity index (χ4n) is 1.76. The van der Waals surface area contributed by atoms with Crippen LogP contribution in [0.1, 0.15) is 11.1 Å². The maximum absolute atomic E-state index is 11.9. The van der Waals surface area contributed by atoms with Gasteiger partial charge < -0.3 is 15.5 Å². The summed E-state index contributed by atoms with van der Waals surface area (Å²) in [4.78, 5) is 15.9. The molecule has 1 aromatic carbocycles. The van der Waals surface area contributed by atoms with Crippen LogP contribution in [-0.4, -0.2) is 27.7 Å². The number of hydrogen-bond donors (Lipinski definition) is 3. The van der Waals surface area contributed by atoms with Gasteiger partial charge in [0.2, 0.25) is 5.91 Å². The third kappa shape index (κ3) is 4.64. The second-order valence-electron chi connectivity index (χ2n) is 4.28. The van der Waals surface area contributed by atoms with Gasteiger partial charge in [0.25, 0.3) is 0 Å². The Labute approximate surface area is 122 Å². The largest absolute Gasteiger partial charge is 0.508 e. The first-order chi connectivity index (χ1) is 10.2. The summed E-state index contributed by atoms with van der Waals surface area (Å²) < 4.78 is 0. The smallest absolute Gasteiger partial charge is 0.229 e. The van der Waals surface area contributed by atoms with Crippen LogP contribution in [0.5, 0.6) is 5.75 Å². The Kier molecular flexibility index (Phi) is 4.91. The fourth-order valence-corrected chi connectivity index (χ4v) is 1.76. The number of carbonyl (C=O) groups excluding carboxylic acids is 1. The summed E-state index contributed by atoms with van der Waals surface area (Å²) in [7, 11) is 0. The van der Waals surface area contributed by atoms with E-state index in [1.54, 1.807) is 30.3 Å². The monoisotopic (exact) mass is 282 g/mol. The quantitative estimate of drug-likeness (QED) is 0.741. The first-order valence-corrected chi connectivity index (χ1v) is 6.31. The highest BCUT2D eigenvalue weighted by Gasteiger charge is 2.05. The summed E-state index contributed by atoms with van der Waals surface area (Å²) in [6.07, 6.45) is 1.67. The van der Waals surface area contributed by atoms with Gasteiger partial charge in [-0.05, 0) is 29.8 Å². The van der Waals surface area contributed by atoms with Gasteiger partial charge in [0.05, 0.1) is 6.42 Å². The number of anilines is 1. The molecule has 21 heavy (non-hydrogen) atoms. The molecule has 0 bridgehead atoms. The molecule has 0 aliphatic heterocycles. The third-order valence-electron chi connectivity index (χ3n) is 2.61. The minimum Gasteiger partial charge on any atom is -0.508 e. The van der Waals surface area contributed by atoms with Crippen molar-refractivity contribution in [2.24, 2.45) is 0 Å². The maximum atomic E-state index is 11.9. The molecule has 0 spiro atoms. The van der Waals surface area contributed by atoms with Crippen LogP contribution < -0.4 is 5.32 Å². The number of amides is 1. The van der Waals surface area contributed by atoms with Crippen molar-refractivity contribution in [2.75, 3.05) is 11.9 Å². The predicted molar refractivity (Wildman–Crippen MR) is 78.6 cm³/mol. The van der Waals surface area contributed by atoms with Crippen LogP contribution in [0.4, 0.5) is 5.82 Å². The third-order valence-corrected chi connectivity index (χ3v) is 2.61. The van der Waals surface area contributed by atoms with Crippen molar-refractivity contribution in [1.82, 2.24) is 4.98 Å². The second-order valence-corrected chi connectivity index (χ2v) is 4.28. The first-order valence-electron chi connectivity index (χ1n) is 6.31. The predicted octanol–water partition coefficient (Wildman–Crippen LogP) is 1.31. The number of benzene rings is 1. The Hall–Kier alpha value is -2.84. The number of rotatable bonds is 3. The van der Waals surface area contributed by atoms with Crippen LogP contribution in [0.15, 0.2) is 42.6 Å². The zero-order chi connectivity index (χ0) is 15.1. The number of aromatic hydroxyl groups is 1. The molecule has 5 nitrogen and oxygen atoms in total. The van der Waals surface area contributed by atoms with Crippen LogP contribution >= 0.6 is 0 Å². The molecular formula is C16H14N2O3. The minimum atomic E-state index is -0.236. The molecule has 3 N–H and O–H groups in total. The molecule has 1 aromatic heterocycles. The van der Waals surface area contributed by atoms with Crippen molar-refractivity contribution >= 4 is 11.7 Å². The molecule has 0 fully saturated rings. The molecular weight excluding hydrogens is 268 g/mol. The minimum absolute atomic E-state index is 0.125. The molecule has 5 heteroatoms. The molecule has 0 unspecified atom stereocenters. The highest BCUT2D eigenvalue weighted by molar-refractivity contribution is 5.91. The molecule has 0 aliphatic carbocycles. The Morgan fingerprint density at radius 3 is 2.90 bits per heavy atom. The van der Waals surface area contributed by atoms with Crippen LogP contribution in [0.3, 0.4) is 0 Å². The topological polar surface area (TPSA) is 82.5 Å². The highest BCUT2D eigenvalue weighted by Crippen LogP contribution is 2.12. The van der Waals surface area contributed by atoms with Gasteiger partial charge in [-0.1, -0.05) is 24.0 Å². The Morgan fingerprint density at radius 1 is 1.29 bits per heavy atom. The van der Waals surface area contributed by atoms with E-state index in [1.807, 2.05) is 0 Å². The fraction of sp³-hybridized carbons (Fsp3) is 0.125. The summed E-state index contributed by atoms with van der Waals surface area (Å²) in [5, 5.41) is 20.7. The summed E-state index contributed by atoms with van der Waals surface area (Å²) in [6, 6.07) is 9.84. The Morgan fingerprint density at radius 2 is 2.14 bits per heavy atom. The average molecular weight is 282 g/mol. The number of carbonyl (C=O) groups is 1. The van der Waals surface area contributed by atoms with Crippen LogP contribution in [0.25, 0.3) is 0 Å². The van der Waals surface area contributed by atoms with Crippen molar-refractivity contribution < 1.29 is 15.0 Å².